The second-order valence-corrected chi connectivity index (χ2v) is 8.24. The zero-order chi connectivity index (χ0) is 23.5. The lowest BCUT2D eigenvalue weighted by Crippen LogP contribution is -3.11. The number of ether oxygens (including phenoxy) is 2. The number of benzene rings is 2. The molecule has 1 amide bonds. The number of amides is 1. The van der Waals surface area contributed by atoms with Crippen molar-refractivity contribution < 1.29 is 23.6 Å². The van der Waals surface area contributed by atoms with Gasteiger partial charge in [0.1, 0.15) is 17.1 Å². The lowest BCUT2D eigenvalue weighted by Gasteiger charge is -2.27. The first kappa shape index (κ1) is 22.9. The molecular weight excluding hydrogens is 420 g/mol. The first-order chi connectivity index (χ1) is 16.0. The number of hydrogen-bond donors (Lipinski definition) is 1. The van der Waals surface area contributed by atoms with E-state index < -0.39 is 6.04 Å². The average Bonchev–Trinajstić information content (AvgIpc) is 3.13. The summed E-state index contributed by atoms with van der Waals surface area (Å²) >= 11 is 0. The number of nitrogens with one attached hydrogen (secondary N) is 1. The maximum absolute atomic E-state index is 13.6. The van der Waals surface area contributed by atoms with E-state index in [0.29, 0.717) is 40.1 Å². The number of methoxy groups -OCH3 is 2. The van der Waals surface area contributed by atoms with E-state index in [9.17, 15) is 9.59 Å². The van der Waals surface area contributed by atoms with E-state index in [1.54, 1.807) is 55.5 Å². The lowest BCUT2D eigenvalue weighted by molar-refractivity contribution is -0.896. The minimum Gasteiger partial charge on any atom is -0.497 e. The van der Waals surface area contributed by atoms with E-state index in [2.05, 4.69) is 13.8 Å². The maximum Gasteiger partial charge on any atom is 0.290 e. The van der Waals surface area contributed by atoms with Crippen molar-refractivity contribution in [2.24, 2.45) is 0 Å². The molecule has 1 atom stereocenters. The Kier molecular flexibility index (Phi) is 6.70. The number of para-hydroxylation sites is 1. The fourth-order valence-corrected chi connectivity index (χ4v) is 4.68. The Bertz CT molecular complexity index is 1220. The van der Waals surface area contributed by atoms with Crippen molar-refractivity contribution >= 4 is 16.9 Å². The van der Waals surface area contributed by atoms with Crippen LogP contribution in [0.25, 0.3) is 11.0 Å². The predicted molar refractivity (Wildman–Crippen MR) is 126 cm³/mol. The molecular formula is C26H31N2O5+. The highest BCUT2D eigenvalue weighted by molar-refractivity contribution is 5.99. The quantitative estimate of drug-likeness (QED) is 0.542. The van der Waals surface area contributed by atoms with E-state index in [-0.39, 0.29) is 17.1 Å². The molecule has 33 heavy (non-hydrogen) atoms. The second-order valence-electron chi connectivity index (χ2n) is 8.24. The van der Waals surface area contributed by atoms with Crippen LogP contribution in [0.3, 0.4) is 0 Å². The molecule has 7 nitrogen and oxygen atoms in total. The van der Waals surface area contributed by atoms with Crippen LogP contribution in [0.5, 0.6) is 11.5 Å². The third kappa shape index (κ3) is 4.09. The molecule has 1 aromatic heterocycles. The van der Waals surface area contributed by atoms with Crippen molar-refractivity contribution in [2.75, 3.05) is 40.4 Å². The first-order valence-corrected chi connectivity index (χ1v) is 11.5. The molecule has 1 aliphatic rings. The summed E-state index contributed by atoms with van der Waals surface area (Å²) < 4.78 is 17.1. The highest BCUT2D eigenvalue weighted by Gasteiger charge is 2.43. The summed E-state index contributed by atoms with van der Waals surface area (Å²) in [6.07, 6.45) is 0.813. The molecule has 0 saturated carbocycles. The Morgan fingerprint density at radius 3 is 2.48 bits per heavy atom. The Morgan fingerprint density at radius 2 is 1.79 bits per heavy atom. The number of nitrogens with zero attached hydrogens (tertiary/aromatic N) is 1. The predicted octanol–water partition coefficient (Wildman–Crippen LogP) is 2.67. The van der Waals surface area contributed by atoms with Crippen LogP contribution in [0.2, 0.25) is 0 Å². The molecule has 0 spiro atoms. The molecule has 0 saturated heterocycles. The third-order valence-corrected chi connectivity index (χ3v) is 6.53. The minimum absolute atomic E-state index is 0.115. The molecule has 0 unspecified atom stereocenters. The van der Waals surface area contributed by atoms with Crippen molar-refractivity contribution in [3.63, 3.8) is 0 Å². The summed E-state index contributed by atoms with van der Waals surface area (Å²) in [4.78, 5) is 30.4. The maximum atomic E-state index is 13.6. The molecule has 2 heterocycles. The largest absolute Gasteiger partial charge is 0.497 e. The third-order valence-electron chi connectivity index (χ3n) is 6.53. The van der Waals surface area contributed by atoms with E-state index >= 15 is 0 Å². The second kappa shape index (κ2) is 9.67. The van der Waals surface area contributed by atoms with Gasteiger partial charge in [0.05, 0.1) is 50.8 Å². The van der Waals surface area contributed by atoms with Gasteiger partial charge >= 0.3 is 0 Å². The minimum atomic E-state index is -0.606. The van der Waals surface area contributed by atoms with Gasteiger partial charge < -0.3 is 23.7 Å². The van der Waals surface area contributed by atoms with E-state index in [0.717, 1.165) is 26.1 Å². The summed E-state index contributed by atoms with van der Waals surface area (Å²) in [5.74, 6) is 1.07. The Balaban J connectivity index is 1.86. The topological polar surface area (TPSA) is 73.4 Å². The van der Waals surface area contributed by atoms with E-state index in [1.165, 1.54) is 4.90 Å². The van der Waals surface area contributed by atoms with E-state index in [4.69, 9.17) is 13.9 Å². The molecule has 4 rings (SSSR count). The van der Waals surface area contributed by atoms with Crippen LogP contribution in [-0.2, 0) is 0 Å². The number of rotatable bonds is 9. The van der Waals surface area contributed by atoms with Gasteiger partial charge in [-0.3, -0.25) is 9.59 Å². The Hall–Kier alpha value is -3.32. The molecule has 174 valence electrons. The molecule has 1 aliphatic heterocycles. The summed E-state index contributed by atoms with van der Waals surface area (Å²) in [6, 6.07) is 11.9. The molecule has 0 aliphatic carbocycles. The van der Waals surface area contributed by atoms with Gasteiger partial charge in [-0.2, -0.15) is 0 Å². The summed E-state index contributed by atoms with van der Waals surface area (Å²) in [7, 11) is 3.17. The molecule has 2 aromatic carbocycles. The van der Waals surface area contributed by atoms with Crippen molar-refractivity contribution in [3.8, 4) is 11.5 Å². The van der Waals surface area contributed by atoms with Crippen LogP contribution in [0.1, 0.15) is 48.0 Å². The summed E-state index contributed by atoms with van der Waals surface area (Å²) in [6.45, 7) is 7.83. The van der Waals surface area contributed by atoms with Crippen LogP contribution in [0.15, 0.2) is 51.7 Å². The van der Waals surface area contributed by atoms with Gasteiger partial charge in [0.15, 0.2) is 5.43 Å². The van der Waals surface area contributed by atoms with Crippen molar-refractivity contribution in [1.82, 2.24) is 4.90 Å². The van der Waals surface area contributed by atoms with Gasteiger partial charge in [-0.25, -0.2) is 0 Å². The van der Waals surface area contributed by atoms with Gasteiger partial charge in [0.2, 0.25) is 5.76 Å². The Labute approximate surface area is 193 Å². The molecule has 0 fully saturated rings. The van der Waals surface area contributed by atoms with Crippen molar-refractivity contribution in [1.29, 1.82) is 0 Å². The Morgan fingerprint density at radius 1 is 1.03 bits per heavy atom. The van der Waals surface area contributed by atoms with Gasteiger partial charge in [0.25, 0.3) is 5.91 Å². The lowest BCUT2D eigenvalue weighted by atomic mass is 9.97. The number of hydrogen-bond acceptors (Lipinski definition) is 5. The fraction of sp³-hybridized carbons (Fsp3) is 0.385. The highest BCUT2D eigenvalue weighted by Crippen LogP contribution is 2.42. The molecule has 0 radical (unpaired) electrons. The van der Waals surface area contributed by atoms with Gasteiger partial charge in [-0.05, 0) is 44.2 Å². The molecule has 1 N–H and O–H groups in total. The van der Waals surface area contributed by atoms with Crippen molar-refractivity contribution in [2.45, 2.75) is 26.3 Å². The molecule has 3 aromatic rings. The van der Waals surface area contributed by atoms with Crippen LogP contribution < -0.4 is 19.8 Å². The van der Waals surface area contributed by atoms with E-state index in [1.807, 2.05) is 6.07 Å². The SMILES string of the molecule is CC[NH+](CC)CCCN1C(=O)c2oc3ccccc3c(=O)c2[C@H]1c1cc(OC)ccc1OC. The van der Waals surface area contributed by atoms with Crippen LogP contribution in [0, 0.1) is 0 Å². The van der Waals surface area contributed by atoms with Crippen LogP contribution in [-0.4, -0.2) is 51.2 Å². The summed E-state index contributed by atoms with van der Waals surface area (Å²) in [5.41, 5.74) is 1.30. The smallest absolute Gasteiger partial charge is 0.290 e. The number of fused-ring (bicyclic) bond motifs is 2. The van der Waals surface area contributed by atoms with Crippen molar-refractivity contribution in [3.05, 3.63) is 69.6 Å². The monoisotopic (exact) mass is 451 g/mol. The van der Waals surface area contributed by atoms with Crippen LogP contribution in [0.4, 0.5) is 0 Å². The summed E-state index contributed by atoms with van der Waals surface area (Å²) in [5, 5.41) is 0.463. The number of quaternary nitrogens is 1. The first-order valence-electron chi connectivity index (χ1n) is 11.5. The molecule has 7 heteroatoms. The number of carbonyl (C=O) groups is 1. The highest BCUT2D eigenvalue weighted by atomic mass is 16.5. The standard InChI is InChI=1S/C26H30N2O5/c1-5-27(6-2)14-9-15-28-23(19-16-17(31-3)12-13-20(19)32-4)22-24(29)18-10-7-8-11-21(18)33-25(22)26(28)30/h7-8,10-13,16,23H,5-6,9,14-15H2,1-4H3/p+1/t23-/m1/s1. The average molecular weight is 452 g/mol. The van der Waals surface area contributed by atoms with Gasteiger partial charge in [0, 0.05) is 18.5 Å². The zero-order valence-corrected chi connectivity index (χ0v) is 19.6. The van der Waals surface area contributed by atoms with Gasteiger partial charge in [-0.1, -0.05) is 12.1 Å². The zero-order valence-electron chi connectivity index (χ0n) is 19.6. The number of carbonyl (C=O) groups excluding carboxylic acids is 1. The molecule has 0 bridgehead atoms. The normalized spacial score (nSPS) is 15.4. The van der Waals surface area contributed by atoms with Crippen LogP contribution >= 0.6 is 0 Å². The van der Waals surface area contributed by atoms with Gasteiger partial charge in [-0.15, -0.1) is 0 Å². The fourth-order valence-electron chi connectivity index (χ4n) is 4.68.